The zero-order valence-electron chi connectivity index (χ0n) is 7.90. The summed E-state index contributed by atoms with van der Waals surface area (Å²) in [6, 6.07) is 0. The lowest BCUT2D eigenvalue weighted by atomic mass is 9.88. The summed E-state index contributed by atoms with van der Waals surface area (Å²) < 4.78 is 0.596. The number of amides is 1. The largest absolute Gasteiger partial charge is 0.480 e. The maximum absolute atomic E-state index is 11.3. The van der Waals surface area contributed by atoms with Gasteiger partial charge in [-0.15, -0.1) is 11.8 Å². The first-order valence-corrected chi connectivity index (χ1v) is 6.59. The molecule has 0 aliphatic carbocycles. The summed E-state index contributed by atoms with van der Waals surface area (Å²) in [4.78, 5) is 24.2. The number of β-lactam (4-membered cyclic amide) rings is 1. The topological polar surface area (TPSA) is 57.6 Å². The molecule has 0 aromatic carbocycles. The quantitative estimate of drug-likeness (QED) is 0.609. The molecule has 2 aliphatic rings. The molecule has 0 aromatic rings. The molecule has 0 aromatic heterocycles. The molecule has 1 N–H and O–H groups in total. The first kappa shape index (κ1) is 11.3. The van der Waals surface area contributed by atoms with Gasteiger partial charge in [0.15, 0.2) is 0 Å². The predicted molar refractivity (Wildman–Crippen MR) is 65.8 cm³/mol. The van der Waals surface area contributed by atoms with Crippen LogP contribution in [0.1, 0.15) is 6.42 Å². The summed E-state index contributed by atoms with van der Waals surface area (Å²) in [5.41, 5.74) is -0.961. The van der Waals surface area contributed by atoms with E-state index < -0.39 is 11.4 Å². The first-order chi connectivity index (χ1) is 6.97. The summed E-state index contributed by atoms with van der Waals surface area (Å²) >= 11 is 3.49. The molecule has 2 rings (SSSR count). The molecule has 2 heterocycles. The minimum atomic E-state index is -0.961. The zero-order valence-corrected chi connectivity index (χ0v) is 10.9. The second-order valence-electron chi connectivity index (χ2n) is 3.78. The van der Waals surface area contributed by atoms with E-state index in [0.717, 1.165) is 0 Å². The summed E-state index contributed by atoms with van der Waals surface area (Å²) in [6.45, 7) is 4.01. The van der Waals surface area contributed by atoms with Crippen LogP contribution in [0.3, 0.4) is 0 Å². The van der Waals surface area contributed by atoms with Crippen molar-refractivity contribution < 1.29 is 14.7 Å². The Morgan fingerprint density at radius 1 is 1.73 bits per heavy atom. The van der Waals surface area contributed by atoms with E-state index in [9.17, 15) is 14.7 Å². The summed E-state index contributed by atoms with van der Waals surface area (Å²) in [5, 5.41) is 9.45. The fourth-order valence-corrected chi connectivity index (χ4v) is 4.10. The summed E-state index contributed by atoms with van der Waals surface area (Å²) in [6.07, 6.45) is 0.550. The van der Waals surface area contributed by atoms with Crippen LogP contribution in [0.15, 0.2) is 10.2 Å². The molecule has 2 fully saturated rings. The molecule has 2 saturated heterocycles. The van der Waals surface area contributed by atoms with Gasteiger partial charge in [0, 0.05) is 15.9 Å². The standard InChI is InChI=1S/C9H10INO3S/c1-5(10)9(8(13)14)3-11-6(12)2-7(11)15-4-9/h7H,1-4H2,(H,13,14)/t7-,9?/m1/s1. The average molecular weight is 339 g/mol. The van der Waals surface area contributed by atoms with Crippen molar-refractivity contribution in [2.75, 3.05) is 12.3 Å². The van der Waals surface area contributed by atoms with Crippen molar-refractivity contribution in [3.63, 3.8) is 0 Å². The Hall–Kier alpha value is -0.240. The van der Waals surface area contributed by atoms with E-state index in [1.807, 2.05) is 22.6 Å². The van der Waals surface area contributed by atoms with Crippen LogP contribution in [-0.4, -0.2) is 39.6 Å². The number of aliphatic carboxylic acids is 1. The number of hydrogen-bond acceptors (Lipinski definition) is 3. The van der Waals surface area contributed by atoms with E-state index in [0.29, 0.717) is 15.8 Å². The van der Waals surface area contributed by atoms with Crippen molar-refractivity contribution in [1.82, 2.24) is 4.90 Å². The van der Waals surface area contributed by atoms with Crippen LogP contribution >= 0.6 is 34.4 Å². The van der Waals surface area contributed by atoms with Gasteiger partial charge >= 0.3 is 5.97 Å². The van der Waals surface area contributed by atoms with Crippen LogP contribution in [0.25, 0.3) is 0 Å². The first-order valence-electron chi connectivity index (χ1n) is 4.47. The van der Waals surface area contributed by atoms with Crippen LogP contribution in [-0.2, 0) is 9.59 Å². The highest BCUT2D eigenvalue weighted by molar-refractivity contribution is 14.1. The number of carboxylic acid groups (broad SMARTS) is 1. The number of carboxylic acids is 1. The molecule has 0 bridgehead atoms. The highest BCUT2D eigenvalue weighted by atomic mass is 127. The number of carbonyl (C=O) groups excluding carboxylic acids is 1. The number of hydrogen-bond donors (Lipinski definition) is 1. The van der Waals surface area contributed by atoms with Crippen LogP contribution in [0.2, 0.25) is 0 Å². The maximum Gasteiger partial charge on any atom is 0.317 e. The average Bonchev–Trinajstić information content (AvgIpc) is 2.15. The number of nitrogens with zero attached hydrogens (tertiary/aromatic N) is 1. The van der Waals surface area contributed by atoms with E-state index in [4.69, 9.17) is 0 Å². The fourth-order valence-electron chi connectivity index (χ4n) is 1.75. The van der Waals surface area contributed by atoms with Gasteiger partial charge in [0.2, 0.25) is 5.91 Å². The zero-order chi connectivity index (χ0) is 11.2. The monoisotopic (exact) mass is 339 g/mol. The second-order valence-corrected chi connectivity index (χ2v) is 6.25. The van der Waals surface area contributed by atoms with E-state index in [1.165, 1.54) is 11.8 Å². The van der Waals surface area contributed by atoms with Crippen LogP contribution in [0.4, 0.5) is 0 Å². The van der Waals surface area contributed by atoms with Crippen LogP contribution < -0.4 is 0 Å². The van der Waals surface area contributed by atoms with Crippen LogP contribution in [0, 0.1) is 5.41 Å². The molecular formula is C9H10INO3S. The molecule has 2 atom stereocenters. The third kappa shape index (κ3) is 1.57. The molecule has 82 valence electrons. The van der Waals surface area contributed by atoms with Crippen molar-refractivity contribution in [1.29, 1.82) is 0 Å². The highest BCUT2D eigenvalue weighted by Gasteiger charge is 2.52. The van der Waals surface area contributed by atoms with E-state index in [1.54, 1.807) is 4.90 Å². The van der Waals surface area contributed by atoms with Gasteiger partial charge in [0.1, 0.15) is 5.41 Å². The SMILES string of the molecule is C=C(I)C1(C(=O)O)CS[C@@H]2CC(=O)N2C1. The summed E-state index contributed by atoms with van der Waals surface area (Å²) in [7, 11) is 0. The minimum Gasteiger partial charge on any atom is -0.480 e. The Bertz CT molecular complexity index is 343. The minimum absolute atomic E-state index is 0.0514. The highest BCUT2D eigenvalue weighted by Crippen LogP contribution is 2.46. The molecule has 15 heavy (non-hydrogen) atoms. The van der Waals surface area contributed by atoms with E-state index in [2.05, 4.69) is 6.58 Å². The number of carbonyl (C=O) groups is 2. The molecule has 1 unspecified atom stereocenters. The number of rotatable bonds is 2. The molecule has 1 amide bonds. The number of halogens is 1. The van der Waals surface area contributed by atoms with Gasteiger partial charge in [-0.2, -0.15) is 0 Å². The normalized spacial score (nSPS) is 34.3. The van der Waals surface area contributed by atoms with E-state index in [-0.39, 0.29) is 17.8 Å². The number of fused-ring (bicyclic) bond motifs is 1. The fraction of sp³-hybridized carbons (Fsp3) is 0.556. The Balaban J connectivity index is 2.24. The predicted octanol–water partition coefficient (Wildman–Crippen LogP) is 1.31. The van der Waals surface area contributed by atoms with Crippen LogP contribution in [0.5, 0.6) is 0 Å². The number of thioether (sulfide) groups is 1. The molecule has 0 saturated carbocycles. The van der Waals surface area contributed by atoms with Gasteiger partial charge in [-0.25, -0.2) is 0 Å². The van der Waals surface area contributed by atoms with Gasteiger partial charge in [0.05, 0.1) is 11.8 Å². The lowest BCUT2D eigenvalue weighted by Crippen LogP contribution is -2.61. The molecular weight excluding hydrogens is 329 g/mol. The lowest BCUT2D eigenvalue weighted by molar-refractivity contribution is -0.152. The van der Waals surface area contributed by atoms with Gasteiger partial charge in [-0.05, 0) is 22.6 Å². The van der Waals surface area contributed by atoms with Crippen molar-refractivity contribution in [3.05, 3.63) is 10.2 Å². The summed E-state index contributed by atoms with van der Waals surface area (Å²) in [5.74, 6) is -0.318. The van der Waals surface area contributed by atoms with Crippen molar-refractivity contribution in [2.24, 2.45) is 5.41 Å². The van der Waals surface area contributed by atoms with Crippen molar-refractivity contribution in [2.45, 2.75) is 11.8 Å². The Kier molecular flexibility index (Phi) is 2.74. The Labute approximate surface area is 105 Å². The Morgan fingerprint density at radius 3 is 2.87 bits per heavy atom. The Morgan fingerprint density at radius 2 is 2.40 bits per heavy atom. The molecule has 4 nitrogen and oxygen atoms in total. The second kappa shape index (κ2) is 3.65. The van der Waals surface area contributed by atoms with Gasteiger partial charge < -0.3 is 10.0 Å². The van der Waals surface area contributed by atoms with Gasteiger partial charge in [0.25, 0.3) is 0 Å². The molecule has 6 heteroatoms. The van der Waals surface area contributed by atoms with E-state index >= 15 is 0 Å². The van der Waals surface area contributed by atoms with Crippen molar-refractivity contribution in [3.8, 4) is 0 Å². The third-order valence-corrected chi connectivity index (χ3v) is 5.41. The molecule has 2 aliphatic heterocycles. The smallest absolute Gasteiger partial charge is 0.317 e. The lowest BCUT2D eigenvalue weighted by Gasteiger charge is -2.49. The van der Waals surface area contributed by atoms with Gasteiger partial charge in [-0.3, -0.25) is 9.59 Å². The molecule has 0 radical (unpaired) electrons. The van der Waals surface area contributed by atoms with Crippen molar-refractivity contribution >= 4 is 46.2 Å². The van der Waals surface area contributed by atoms with Gasteiger partial charge in [-0.1, -0.05) is 6.58 Å². The maximum atomic E-state index is 11.3. The third-order valence-electron chi connectivity index (χ3n) is 2.91. The molecule has 0 spiro atoms.